The molecule has 0 radical (unpaired) electrons. The summed E-state index contributed by atoms with van der Waals surface area (Å²) in [6.45, 7) is 9.37. The van der Waals surface area contributed by atoms with Crippen molar-refractivity contribution in [3.8, 4) is 0 Å². The maximum Gasteiger partial charge on any atom is 0.408 e. The molecule has 0 bridgehead atoms. The van der Waals surface area contributed by atoms with Crippen LogP contribution in [0.2, 0.25) is 0 Å². The Morgan fingerprint density at radius 3 is 2.27 bits per heavy atom. The Morgan fingerprint density at radius 1 is 1.12 bits per heavy atom. The molecule has 0 aliphatic rings. The predicted molar refractivity (Wildman–Crippen MR) is 102 cm³/mol. The molecule has 146 valence electrons. The third-order valence-corrected chi connectivity index (χ3v) is 3.73. The number of carbonyl (C=O) groups is 2. The number of aliphatic carboxylic acids is 1. The van der Waals surface area contributed by atoms with Crippen molar-refractivity contribution in [1.82, 2.24) is 10.6 Å². The van der Waals surface area contributed by atoms with Crippen molar-refractivity contribution in [2.75, 3.05) is 6.54 Å². The lowest BCUT2D eigenvalue weighted by atomic mass is 10.0. The van der Waals surface area contributed by atoms with Gasteiger partial charge in [-0.25, -0.2) is 4.79 Å². The molecule has 0 saturated heterocycles. The second-order valence-electron chi connectivity index (χ2n) is 8.16. The van der Waals surface area contributed by atoms with E-state index in [-0.39, 0.29) is 0 Å². The first-order valence-corrected chi connectivity index (χ1v) is 9.00. The van der Waals surface area contributed by atoms with Gasteiger partial charge in [0.1, 0.15) is 11.6 Å². The van der Waals surface area contributed by atoms with Gasteiger partial charge in [0.2, 0.25) is 0 Å². The van der Waals surface area contributed by atoms with E-state index in [1.54, 1.807) is 20.8 Å². The molecule has 26 heavy (non-hydrogen) atoms. The van der Waals surface area contributed by atoms with Gasteiger partial charge >= 0.3 is 12.1 Å². The van der Waals surface area contributed by atoms with Gasteiger partial charge in [-0.2, -0.15) is 0 Å². The summed E-state index contributed by atoms with van der Waals surface area (Å²) in [5.74, 6) is -0.883. The molecular weight excluding hydrogens is 332 g/mol. The number of alkyl carbamates (subject to hydrolysis) is 1. The van der Waals surface area contributed by atoms with Crippen molar-refractivity contribution < 1.29 is 19.4 Å². The maximum atomic E-state index is 11.9. The van der Waals surface area contributed by atoms with Crippen LogP contribution < -0.4 is 10.6 Å². The molecule has 0 saturated carbocycles. The summed E-state index contributed by atoms with van der Waals surface area (Å²) in [5, 5.41) is 15.2. The minimum absolute atomic E-state index is 0.328. The summed E-state index contributed by atoms with van der Waals surface area (Å²) < 4.78 is 5.25. The molecule has 1 rings (SSSR count). The maximum absolute atomic E-state index is 11.9. The Kier molecular flexibility index (Phi) is 8.08. The van der Waals surface area contributed by atoms with Gasteiger partial charge in [0.25, 0.3) is 0 Å². The average molecular weight is 364 g/mol. The number of aryl methyl sites for hydroxylation is 1. The fourth-order valence-corrected chi connectivity index (χ4v) is 2.47. The van der Waals surface area contributed by atoms with Crippen LogP contribution in [0, 0.1) is 0 Å². The molecule has 0 aliphatic heterocycles. The van der Waals surface area contributed by atoms with E-state index in [0.29, 0.717) is 13.0 Å². The molecule has 1 unspecified atom stereocenters. The Morgan fingerprint density at radius 2 is 1.73 bits per heavy atom. The quantitative estimate of drug-likeness (QED) is 0.625. The molecule has 1 aromatic rings. The van der Waals surface area contributed by atoms with E-state index in [2.05, 4.69) is 10.6 Å². The van der Waals surface area contributed by atoms with Crippen LogP contribution in [0.5, 0.6) is 0 Å². The molecule has 1 aromatic carbocycles. The monoisotopic (exact) mass is 364 g/mol. The second-order valence-corrected chi connectivity index (χ2v) is 8.16. The van der Waals surface area contributed by atoms with Gasteiger partial charge in [-0.1, -0.05) is 30.3 Å². The SMILES string of the molecule is CC(C)(CNC(CCCc1ccccc1)C(=O)O)NC(=O)OC(C)(C)C. The Hall–Kier alpha value is -2.08. The number of ether oxygens (including phenoxy) is 1. The molecule has 0 heterocycles. The molecular formula is C20H32N2O4. The lowest BCUT2D eigenvalue weighted by Gasteiger charge is -2.30. The largest absolute Gasteiger partial charge is 0.480 e. The topological polar surface area (TPSA) is 87.7 Å². The molecule has 6 nitrogen and oxygen atoms in total. The summed E-state index contributed by atoms with van der Waals surface area (Å²) >= 11 is 0. The standard InChI is InChI=1S/C20H32N2O4/c1-19(2,3)26-18(25)22-20(4,5)14-21-16(17(23)24)13-9-12-15-10-7-6-8-11-15/h6-8,10-11,16,21H,9,12-14H2,1-5H3,(H,22,25)(H,23,24). The zero-order chi connectivity index (χ0) is 19.8. The average Bonchev–Trinajstić information content (AvgIpc) is 2.48. The van der Waals surface area contributed by atoms with Crippen molar-refractivity contribution in [3.63, 3.8) is 0 Å². The first-order chi connectivity index (χ1) is 12.0. The van der Waals surface area contributed by atoms with Gasteiger partial charge in [0, 0.05) is 6.54 Å². The second kappa shape index (κ2) is 9.57. The molecule has 0 aliphatic carbocycles. The minimum atomic E-state index is -0.883. The number of carboxylic acid groups (broad SMARTS) is 1. The van der Waals surface area contributed by atoms with Crippen molar-refractivity contribution >= 4 is 12.1 Å². The summed E-state index contributed by atoms with van der Waals surface area (Å²) in [5.41, 5.74) is -0.00653. The van der Waals surface area contributed by atoms with Gasteiger partial charge in [-0.15, -0.1) is 0 Å². The highest BCUT2D eigenvalue weighted by Gasteiger charge is 2.26. The third-order valence-electron chi connectivity index (χ3n) is 3.73. The Labute approximate surface area is 156 Å². The van der Waals surface area contributed by atoms with E-state index in [9.17, 15) is 14.7 Å². The molecule has 6 heteroatoms. The Bertz CT molecular complexity index is 579. The molecule has 3 N–H and O–H groups in total. The van der Waals surface area contributed by atoms with Crippen LogP contribution in [-0.4, -0.2) is 40.9 Å². The molecule has 0 aromatic heterocycles. The van der Waals surface area contributed by atoms with E-state index >= 15 is 0 Å². The Balaban J connectivity index is 2.46. The normalized spacial score (nSPS) is 13.1. The molecule has 0 fully saturated rings. The van der Waals surface area contributed by atoms with Gasteiger partial charge in [0.15, 0.2) is 0 Å². The highest BCUT2D eigenvalue weighted by atomic mass is 16.6. The highest BCUT2D eigenvalue weighted by molar-refractivity contribution is 5.73. The molecule has 0 spiro atoms. The smallest absolute Gasteiger partial charge is 0.408 e. The summed E-state index contributed by atoms with van der Waals surface area (Å²) in [6.07, 6.45) is 1.62. The van der Waals surface area contributed by atoms with Gasteiger partial charge in [0.05, 0.1) is 5.54 Å². The number of hydrogen-bond acceptors (Lipinski definition) is 4. The van der Waals surface area contributed by atoms with E-state index in [1.165, 1.54) is 5.56 Å². The summed E-state index contributed by atoms with van der Waals surface area (Å²) in [4.78, 5) is 23.4. The van der Waals surface area contributed by atoms with Gasteiger partial charge < -0.3 is 20.5 Å². The third kappa shape index (κ3) is 9.42. The molecule has 1 amide bonds. The lowest BCUT2D eigenvalue weighted by Crippen LogP contribution is -2.54. The van der Waals surface area contributed by atoms with E-state index in [1.807, 2.05) is 44.2 Å². The first-order valence-electron chi connectivity index (χ1n) is 9.00. The van der Waals surface area contributed by atoms with Crippen LogP contribution in [-0.2, 0) is 16.0 Å². The zero-order valence-electron chi connectivity index (χ0n) is 16.5. The number of carbonyl (C=O) groups excluding carboxylic acids is 1. The van der Waals surface area contributed by atoms with Crippen molar-refractivity contribution in [2.45, 2.75) is 71.1 Å². The number of amides is 1. The predicted octanol–water partition coefficient (Wildman–Crippen LogP) is 3.36. The molecule has 1 atom stereocenters. The van der Waals surface area contributed by atoms with Gasteiger partial charge in [-0.3, -0.25) is 4.79 Å². The van der Waals surface area contributed by atoms with E-state index < -0.39 is 29.2 Å². The number of nitrogens with one attached hydrogen (secondary N) is 2. The van der Waals surface area contributed by atoms with Crippen LogP contribution in [0.15, 0.2) is 30.3 Å². The fourth-order valence-electron chi connectivity index (χ4n) is 2.47. The van der Waals surface area contributed by atoms with Crippen LogP contribution in [0.3, 0.4) is 0 Å². The summed E-state index contributed by atoms with van der Waals surface area (Å²) in [6, 6.07) is 9.35. The minimum Gasteiger partial charge on any atom is -0.480 e. The lowest BCUT2D eigenvalue weighted by molar-refractivity contribution is -0.139. The number of carboxylic acids is 1. The van der Waals surface area contributed by atoms with E-state index in [0.717, 1.165) is 12.8 Å². The zero-order valence-corrected chi connectivity index (χ0v) is 16.5. The van der Waals surface area contributed by atoms with Crippen molar-refractivity contribution in [3.05, 3.63) is 35.9 Å². The fraction of sp³-hybridized carbons (Fsp3) is 0.600. The van der Waals surface area contributed by atoms with Gasteiger partial charge in [-0.05, 0) is 59.4 Å². The van der Waals surface area contributed by atoms with Crippen LogP contribution in [0.1, 0.15) is 53.0 Å². The summed E-state index contributed by atoms with van der Waals surface area (Å²) in [7, 11) is 0. The highest BCUT2D eigenvalue weighted by Crippen LogP contribution is 2.11. The van der Waals surface area contributed by atoms with E-state index in [4.69, 9.17) is 4.74 Å². The number of rotatable bonds is 9. The van der Waals surface area contributed by atoms with Crippen LogP contribution in [0.25, 0.3) is 0 Å². The van der Waals surface area contributed by atoms with Crippen molar-refractivity contribution in [2.24, 2.45) is 0 Å². The van der Waals surface area contributed by atoms with Crippen LogP contribution >= 0.6 is 0 Å². The number of hydrogen-bond donors (Lipinski definition) is 3. The number of benzene rings is 1. The first kappa shape index (κ1) is 22.0. The van der Waals surface area contributed by atoms with Crippen LogP contribution in [0.4, 0.5) is 4.79 Å². The van der Waals surface area contributed by atoms with Crippen molar-refractivity contribution in [1.29, 1.82) is 0 Å².